The molecule has 0 unspecified atom stereocenters. The van der Waals surface area contributed by atoms with Crippen molar-refractivity contribution in [2.24, 2.45) is 0 Å². The molecule has 3 nitrogen and oxygen atoms in total. The van der Waals surface area contributed by atoms with Gasteiger partial charge in [0.15, 0.2) is 0 Å². The highest BCUT2D eigenvalue weighted by molar-refractivity contribution is 6.32. The minimum absolute atomic E-state index is 0.490. The first-order chi connectivity index (χ1) is 10.1. The molecule has 0 heterocycles. The van der Waals surface area contributed by atoms with E-state index in [1.807, 2.05) is 30.3 Å². The zero-order valence-electron chi connectivity index (χ0n) is 12.0. The van der Waals surface area contributed by atoms with E-state index in [-0.39, 0.29) is 0 Å². The van der Waals surface area contributed by atoms with Gasteiger partial charge >= 0.3 is 0 Å². The Balaban J connectivity index is 2.26. The van der Waals surface area contributed by atoms with Crippen LogP contribution in [0.1, 0.15) is 24.5 Å². The van der Waals surface area contributed by atoms with E-state index in [9.17, 15) is 0 Å². The summed E-state index contributed by atoms with van der Waals surface area (Å²) >= 11 is 6.13. The second-order valence-electron chi connectivity index (χ2n) is 4.94. The molecule has 2 rings (SSSR count). The van der Waals surface area contributed by atoms with Crippen molar-refractivity contribution in [2.45, 2.75) is 19.9 Å². The van der Waals surface area contributed by atoms with E-state index in [4.69, 9.17) is 22.6 Å². The predicted octanol–water partition coefficient (Wildman–Crippen LogP) is 4.21. The zero-order chi connectivity index (χ0) is 15.2. The molecule has 0 saturated carbocycles. The van der Waals surface area contributed by atoms with Crippen molar-refractivity contribution in [1.82, 2.24) is 0 Å². The highest BCUT2D eigenvalue weighted by atomic mass is 35.5. The maximum absolute atomic E-state index is 8.96. The summed E-state index contributed by atoms with van der Waals surface area (Å²) in [6, 6.07) is 15.5. The van der Waals surface area contributed by atoms with Crippen LogP contribution in [0.4, 0.5) is 11.4 Å². The summed E-state index contributed by atoms with van der Waals surface area (Å²) < 4.78 is 0. The van der Waals surface area contributed by atoms with Crippen LogP contribution < -0.4 is 10.6 Å². The van der Waals surface area contributed by atoms with Gasteiger partial charge in [-0.2, -0.15) is 5.26 Å². The number of benzene rings is 2. The number of halogens is 1. The molecule has 2 N–H and O–H groups in total. The molecule has 0 spiro atoms. The van der Waals surface area contributed by atoms with Crippen molar-refractivity contribution in [1.29, 1.82) is 5.26 Å². The smallest absolute Gasteiger partial charge is 0.101 e. The van der Waals surface area contributed by atoms with Crippen molar-refractivity contribution >= 4 is 23.0 Å². The summed E-state index contributed by atoms with van der Waals surface area (Å²) in [6.45, 7) is 3.82. The summed E-state index contributed by atoms with van der Waals surface area (Å²) in [6.07, 6.45) is 1.03. The molecule has 2 aromatic carbocycles. The number of nitrogens with two attached hydrogens (primary N) is 1. The lowest BCUT2D eigenvalue weighted by atomic mass is 10.1. The summed E-state index contributed by atoms with van der Waals surface area (Å²) in [7, 11) is 0. The van der Waals surface area contributed by atoms with Gasteiger partial charge in [-0.3, -0.25) is 0 Å². The lowest BCUT2D eigenvalue weighted by molar-refractivity contribution is 0.767. The standard InChI is InChI=1S/C17H18ClN3/c1-2-8-21(12-13-4-3-5-15(20)9-13)16-7-6-14(11-19)17(18)10-16/h3-7,9-10H,2,8,12,20H2,1H3. The molecule has 0 aliphatic carbocycles. The summed E-state index contributed by atoms with van der Waals surface area (Å²) in [4.78, 5) is 2.24. The average molecular weight is 300 g/mol. The largest absolute Gasteiger partial charge is 0.399 e. The first-order valence-electron chi connectivity index (χ1n) is 6.93. The van der Waals surface area contributed by atoms with Gasteiger partial charge < -0.3 is 10.6 Å². The fourth-order valence-corrected chi connectivity index (χ4v) is 2.49. The Morgan fingerprint density at radius 2 is 2.05 bits per heavy atom. The number of hydrogen-bond acceptors (Lipinski definition) is 3. The van der Waals surface area contributed by atoms with Crippen molar-refractivity contribution < 1.29 is 0 Å². The molecule has 21 heavy (non-hydrogen) atoms. The quantitative estimate of drug-likeness (QED) is 0.841. The summed E-state index contributed by atoms with van der Waals surface area (Å²) in [5, 5.41) is 9.44. The molecule has 2 aromatic rings. The van der Waals surface area contributed by atoms with Gasteiger partial charge in [-0.25, -0.2) is 0 Å². The van der Waals surface area contributed by atoms with Crippen LogP contribution in [0, 0.1) is 11.3 Å². The topological polar surface area (TPSA) is 53.0 Å². The van der Waals surface area contributed by atoms with E-state index in [0.29, 0.717) is 10.6 Å². The Morgan fingerprint density at radius 3 is 2.67 bits per heavy atom. The third kappa shape index (κ3) is 3.90. The van der Waals surface area contributed by atoms with Crippen LogP contribution in [0.2, 0.25) is 5.02 Å². The lowest BCUT2D eigenvalue weighted by Crippen LogP contribution is -2.23. The number of anilines is 2. The van der Waals surface area contributed by atoms with Crippen LogP contribution in [-0.2, 0) is 6.54 Å². The maximum Gasteiger partial charge on any atom is 0.101 e. The van der Waals surface area contributed by atoms with Crippen molar-refractivity contribution in [2.75, 3.05) is 17.2 Å². The molecule has 0 aliphatic rings. The van der Waals surface area contributed by atoms with Gasteiger partial charge in [0.2, 0.25) is 0 Å². The molecule has 0 saturated heterocycles. The molecule has 4 heteroatoms. The second-order valence-corrected chi connectivity index (χ2v) is 5.35. The normalized spacial score (nSPS) is 10.1. The van der Waals surface area contributed by atoms with Crippen molar-refractivity contribution in [3.8, 4) is 6.07 Å². The molecular formula is C17H18ClN3. The fraction of sp³-hybridized carbons (Fsp3) is 0.235. The number of nitrogens with zero attached hydrogens (tertiary/aromatic N) is 2. The Morgan fingerprint density at radius 1 is 1.24 bits per heavy atom. The SMILES string of the molecule is CCCN(Cc1cccc(N)c1)c1ccc(C#N)c(Cl)c1. The van der Waals surface area contributed by atoms with Crippen molar-refractivity contribution in [3.05, 3.63) is 58.6 Å². The minimum atomic E-state index is 0.490. The number of rotatable bonds is 5. The highest BCUT2D eigenvalue weighted by Gasteiger charge is 2.09. The molecule has 0 bridgehead atoms. The summed E-state index contributed by atoms with van der Waals surface area (Å²) in [5.74, 6) is 0. The molecular weight excluding hydrogens is 282 g/mol. The highest BCUT2D eigenvalue weighted by Crippen LogP contribution is 2.25. The van der Waals surface area contributed by atoms with Crippen LogP contribution in [0.25, 0.3) is 0 Å². The maximum atomic E-state index is 8.96. The number of nitriles is 1. The first-order valence-corrected chi connectivity index (χ1v) is 7.31. The molecule has 108 valence electrons. The van der Waals surface area contributed by atoms with Gasteiger partial charge in [-0.15, -0.1) is 0 Å². The zero-order valence-corrected chi connectivity index (χ0v) is 12.8. The van der Waals surface area contributed by atoms with Gasteiger partial charge in [-0.1, -0.05) is 30.7 Å². The third-order valence-electron chi connectivity index (χ3n) is 3.26. The molecule has 0 aromatic heterocycles. The van der Waals surface area contributed by atoms with Gasteiger partial charge in [0.05, 0.1) is 10.6 Å². The van der Waals surface area contributed by atoms with E-state index in [1.54, 1.807) is 6.07 Å². The van der Waals surface area contributed by atoms with E-state index in [2.05, 4.69) is 24.0 Å². The van der Waals surface area contributed by atoms with Crippen LogP contribution >= 0.6 is 11.6 Å². The number of hydrogen-bond donors (Lipinski definition) is 1. The first kappa shape index (κ1) is 15.2. The Bertz CT molecular complexity index is 661. The van der Waals surface area contributed by atoms with Crippen LogP contribution in [-0.4, -0.2) is 6.54 Å². The van der Waals surface area contributed by atoms with Crippen molar-refractivity contribution in [3.63, 3.8) is 0 Å². The number of nitrogen functional groups attached to an aromatic ring is 1. The third-order valence-corrected chi connectivity index (χ3v) is 3.57. The van der Waals surface area contributed by atoms with Crippen LogP contribution in [0.15, 0.2) is 42.5 Å². The molecule has 0 radical (unpaired) electrons. The van der Waals surface area contributed by atoms with E-state index >= 15 is 0 Å². The fourth-order valence-electron chi connectivity index (χ4n) is 2.27. The lowest BCUT2D eigenvalue weighted by Gasteiger charge is -2.25. The monoisotopic (exact) mass is 299 g/mol. The van der Waals surface area contributed by atoms with Gasteiger partial charge in [0.25, 0.3) is 0 Å². The molecule has 0 amide bonds. The molecule has 0 atom stereocenters. The Hall–Kier alpha value is -2.18. The molecule has 0 aliphatic heterocycles. The van der Waals surface area contributed by atoms with Gasteiger partial charge in [0.1, 0.15) is 6.07 Å². The molecule has 0 fully saturated rings. The predicted molar refractivity (Wildman–Crippen MR) is 88.4 cm³/mol. The Kier molecular flexibility index (Phi) is 5.08. The van der Waals surface area contributed by atoms with E-state index < -0.39 is 0 Å². The summed E-state index contributed by atoms with van der Waals surface area (Å²) in [5.41, 5.74) is 9.27. The van der Waals surface area contributed by atoms with E-state index in [0.717, 1.165) is 36.4 Å². The van der Waals surface area contributed by atoms with Gasteiger partial charge in [0, 0.05) is 24.5 Å². The van der Waals surface area contributed by atoms with Crippen LogP contribution in [0.5, 0.6) is 0 Å². The Labute approximate surface area is 130 Å². The van der Waals surface area contributed by atoms with Crippen LogP contribution in [0.3, 0.4) is 0 Å². The average Bonchev–Trinajstić information content (AvgIpc) is 2.47. The second kappa shape index (κ2) is 7.01. The van der Waals surface area contributed by atoms with E-state index in [1.165, 1.54) is 0 Å². The van der Waals surface area contributed by atoms with Gasteiger partial charge in [-0.05, 0) is 42.3 Å². The minimum Gasteiger partial charge on any atom is -0.399 e.